The molecule has 2 unspecified atom stereocenters. The van der Waals surface area contributed by atoms with Gasteiger partial charge in [-0.25, -0.2) is 0 Å². The van der Waals surface area contributed by atoms with E-state index in [4.69, 9.17) is 0 Å². The van der Waals surface area contributed by atoms with Crippen LogP contribution in [-0.2, 0) is 0 Å². The van der Waals surface area contributed by atoms with Gasteiger partial charge in [0.2, 0.25) is 0 Å². The van der Waals surface area contributed by atoms with Gasteiger partial charge < -0.3 is 5.11 Å². The largest absolute Gasteiger partial charge is 0.393 e. The molecule has 0 amide bonds. The Kier molecular flexibility index (Phi) is 2.42. The van der Waals surface area contributed by atoms with Crippen molar-refractivity contribution in [2.45, 2.75) is 20.0 Å². The van der Waals surface area contributed by atoms with Crippen LogP contribution < -0.4 is 0 Å². The fourth-order valence-electron chi connectivity index (χ4n) is 1.20. The van der Waals surface area contributed by atoms with Crippen molar-refractivity contribution in [1.82, 2.24) is 0 Å². The molecule has 1 fully saturated rings. The standard InChI is InChI=1S/C7H14OS/c1-5-3-9-4-6(2)7(5)8/h5-8H,3-4H2,1-2H3. The third-order valence-electron chi connectivity index (χ3n) is 1.93. The molecule has 1 heterocycles. The maximum absolute atomic E-state index is 9.43. The van der Waals surface area contributed by atoms with Crippen LogP contribution in [-0.4, -0.2) is 22.7 Å². The second kappa shape index (κ2) is 2.93. The van der Waals surface area contributed by atoms with Gasteiger partial charge in [-0.3, -0.25) is 0 Å². The minimum Gasteiger partial charge on any atom is -0.393 e. The minimum absolute atomic E-state index is 0.0498. The Bertz CT molecular complexity index is 84.9. The Morgan fingerprint density at radius 2 is 1.67 bits per heavy atom. The first kappa shape index (κ1) is 7.42. The van der Waals surface area contributed by atoms with Crippen LogP contribution >= 0.6 is 11.8 Å². The van der Waals surface area contributed by atoms with Gasteiger partial charge in [-0.1, -0.05) is 13.8 Å². The van der Waals surface area contributed by atoms with Crippen molar-refractivity contribution in [1.29, 1.82) is 0 Å². The second-order valence-electron chi connectivity index (χ2n) is 2.98. The normalized spacial score (nSPS) is 45.0. The van der Waals surface area contributed by atoms with Gasteiger partial charge in [0.25, 0.3) is 0 Å². The lowest BCUT2D eigenvalue weighted by molar-refractivity contribution is 0.0795. The summed E-state index contributed by atoms with van der Waals surface area (Å²) < 4.78 is 0. The maximum Gasteiger partial charge on any atom is 0.0607 e. The Labute approximate surface area is 60.8 Å². The third-order valence-corrected chi connectivity index (χ3v) is 3.45. The molecule has 0 aromatic rings. The molecule has 0 spiro atoms. The average Bonchev–Trinajstić information content (AvgIpc) is 1.83. The molecule has 2 heteroatoms. The lowest BCUT2D eigenvalue weighted by Crippen LogP contribution is -2.32. The third kappa shape index (κ3) is 1.62. The fraction of sp³-hybridized carbons (Fsp3) is 1.00. The van der Waals surface area contributed by atoms with Crippen LogP contribution in [0.25, 0.3) is 0 Å². The number of aliphatic hydroxyl groups is 1. The molecular weight excluding hydrogens is 132 g/mol. The highest BCUT2D eigenvalue weighted by Crippen LogP contribution is 2.26. The van der Waals surface area contributed by atoms with Crippen molar-refractivity contribution < 1.29 is 5.11 Å². The van der Waals surface area contributed by atoms with Gasteiger partial charge in [0.1, 0.15) is 0 Å². The molecule has 0 saturated carbocycles. The predicted molar refractivity (Wildman–Crippen MR) is 41.7 cm³/mol. The van der Waals surface area contributed by atoms with E-state index in [-0.39, 0.29) is 6.10 Å². The fourth-order valence-corrected chi connectivity index (χ4v) is 2.47. The van der Waals surface area contributed by atoms with Gasteiger partial charge in [-0.05, 0) is 23.3 Å². The predicted octanol–water partition coefficient (Wildman–Crippen LogP) is 1.37. The van der Waals surface area contributed by atoms with E-state index in [2.05, 4.69) is 13.8 Å². The van der Waals surface area contributed by atoms with E-state index in [0.717, 1.165) is 11.5 Å². The van der Waals surface area contributed by atoms with E-state index in [9.17, 15) is 5.11 Å². The van der Waals surface area contributed by atoms with Crippen LogP contribution in [0, 0.1) is 11.8 Å². The first-order valence-corrected chi connectivity index (χ1v) is 4.63. The summed E-state index contributed by atoms with van der Waals surface area (Å²) in [7, 11) is 0. The summed E-state index contributed by atoms with van der Waals surface area (Å²) in [5, 5.41) is 9.43. The number of thioether (sulfide) groups is 1. The first-order chi connectivity index (χ1) is 4.22. The van der Waals surface area contributed by atoms with Gasteiger partial charge in [0, 0.05) is 0 Å². The van der Waals surface area contributed by atoms with Crippen LogP contribution in [0.4, 0.5) is 0 Å². The van der Waals surface area contributed by atoms with Gasteiger partial charge in [0.15, 0.2) is 0 Å². The topological polar surface area (TPSA) is 20.2 Å². The molecule has 1 nitrogen and oxygen atoms in total. The molecule has 1 aliphatic heterocycles. The van der Waals surface area contributed by atoms with E-state index in [1.165, 1.54) is 0 Å². The number of hydrogen-bond donors (Lipinski definition) is 1. The highest BCUT2D eigenvalue weighted by molar-refractivity contribution is 7.99. The molecular formula is C7H14OS. The van der Waals surface area contributed by atoms with Crippen LogP contribution in [0.3, 0.4) is 0 Å². The monoisotopic (exact) mass is 146 g/mol. The highest BCUT2D eigenvalue weighted by Gasteiger charge is 2.25. The number of rotatable bonds is 0. The molecule has 0 aromatic carbocycles. The number of hydrogen-bond acceptors (Lipinski definition) is 2. The first-order valence-electron chi connectivity index (χ1n) is 3.47. The van der Waals surface area contributed by atoms with Gasteiger partial charge in [-0.2, -0.15) is 11.8 Å². The van der Waals surface area contributed by atoms with E-state index in [1.54, 1.807) is 0 Å². The quantitative estimate of drug-likeness (QED) is 0.557. The summed E-state index contributed by atoms with van der Waals surface area (Å²) in [6, 6.07) is 0. The van der Waals surface area contributed by atoms with E-state index in [0.29, 0.717) is 11.8 Å². The SMILES string of the molecule is CC1CSCC(C)C1O. The molecule has 9 heavy (non-hydrogen) atoms. The van der Waals surface area contributed by atoms with Crippen molar-refractivity contribution in [2.24, 2.45) is 11.8 Å². The van der Waals surface area contributed by atoms with Crippen molar-refractivity contribution in [3.63, 3.8) is 0 Å². The van der Waals surface area contributed by atoms with E-state index >= 15 is 0 Å². The number of aliphatic hydroxyl groups excluding tert-OH is 1. The van der Waals surface area contributed by atoms with Gasteiger partial charge >= 0.3 is 0 Å². The summed E-state index contributed by atoms with van der Waals surface area (Å²) in [6.45, 7) is 4.24. The zero-order valence-corrected chi connectivity index (χ0v) is 6.82. The zero-order valence-electron chi connectivity index (χ0n) is 6.00. The van der Waals surface area contributed by atoms with Crippen LogP contribution in [0.2, 0.25) is 0 Å². The Hall–Kier alpha value is 0.310. The molecule has 1 saturated heterocycles. The highest BCUT2D eigenvalue weighted by atomic mass is 32.2. The van der Waals surface area contributed by atoms with Crippen molar-refractivity contribution >= 4 is 11.8 Å². The van der Waals surface area contributed by atoms with Gasteiger partial charge in [0.05, 0.1) is 6.10 Å². The lowest BCUT2D eigenvalue weighted by atomic mass is 9.96. The van der Waals surface area contributed by atoms with Crippen LogP contribution in [0.5, 0.6) is 0 Å². The lowest BCUT2D eigenvalue weighted by Gasteiger charge is -2.29. The van der Waals surface area contributed by atoms with Crippen LogP contribution in [0.1, 0.15) is 13.8 Å². The van der Waals surface area contributed by atoms with Crippen molar-refractivity contribution in [3.05, 3.63) is 0 Å². The van der Waals surface area contributed by atoms with Crippen LogP contribution in [0.15, 0.2) is 0 Å². The molecule has 54 valence electrons. The van der Waals surface area contributed by atoms with Gasteiger partial charge in [-0.15, -0.1) is 0 Å². The summed E-state index contributed by atoms with van der Waals surface area (Å²) in [5.41, 5.74) is 0. The molecule has 0 radical (unpaired) electrons. The Morgan fingerprint density at radius 3 is 2.00 bits per heavy atom. The second-order valence-corrected chi connectivity index (χ2v) is 4.06. The zero-order chi connectivity index (χ0) is 6.85. The minimum atomic E-state index is -0.0498. The molecule has 0 aromatic heterocycles. The summed E-state index contributed by atoms with van der Waals surface area (Å²) in [4.78, 5) is 0. The van der Waals surface area contributed by atoms with Crippen molar-refractivity contribution in [2.75, 3.05) is 11.5 Å². The van der Waals surface area contributed by atoms with E-state index in [1.807, 2.05) is 11.8 Å². The molecule has 2 atom stereocenters. The maximum atomic E-state index is 9.43. The molecule has 1 N–H and O–H groups in total. The molecule has 0 aliphatic carbocycles. The van der Waals surface area contributed by atoms with Crippen molar-refractivity contribution in [3.8, 4) is 0 Å². The Morgan fingerprint density at radius 1 is 1.22 bits per heavy atom. The summed E-state index contributed by atoms with van der Waals surface area (Å²) in [5.74, 6) is 3.26. The smallest absolute Gasteiger partial charge is 0.0607 e. The Balaban J connectivity index is 2.41. The summed E-state index contributed by atoms with van der Waals surface area (Å²) >= 11 is 1.95. The van der Waals surface area contributed by atoms with E-state index < -0.39 is 0 Å². The molecule has 1 rings (SSSR count). The summed E-state index contributed by atoms with van der Waals surface area (Å²) in [6.07, 6.45) is -0.0498. The molecule has 1 aliphatic rings. The average molecular weight is 146 g/mol. The molecule has 0 bridgehead atoms.